The van der Waals surface area contributed by atoms with Crippen molar-refractivity contribution < 1.29 is 0 Å². The van der Waals surface area contributed by atoms with Crippen molar-refractivity contribution in [3.63, 3.8) is 0 Å². The van der Waals surface area contributed by atoms with Crippen LogP contribution in [0, 0.1) is 0 Å². The van der Waals surface area contributed by atoms with Crippen LogP contribution in [0.2, 0.25) is 0 Å². The van der Waals surface area contributed by atoms with E-state index in [0.29, 0.717) is 6.04 Å². The highest BCUT2D eigenvalue weighted by atomic mass is 32.2. The molecule has 1 N–H and O–H groups in total. The van der Waals surface area contributed by atoms with Crippen LogP contribution in [0.4, 0.5) is 11.8 Å². The first-order chi connectivity index (χ1) is 14.3. The first-order valence-electron chi connectivity index (χ1n) is 12.0. The first-order valence-corrected chi connectivity index (χ1v) is 13.4. The van der Waals surface area contributed by atoms with Crippen molar-refractivity contribution in [3.05, 3.63) is 11.3 Å². The van der Waals surface area contributed by atoms with E-state index < -0.39 is 0 Å². The highest BCUT2D eigenvalue weighted by Gasteiger charge is 2.25. The molecule has 162 valence electrons. The van der Waals surface area contributed by atoms with Crippen molar-refractivity contribution in [1.29, 1.82) is 0 Å². The van der Waals surface area contributed by atoms with Gasteiger partial charge in [-0.1, -0.05) is 19.3 Å². The molecule has 1 aromatic heterocycles. The molecule has 0 aromatic carbocycles. The van der Waals surface area contributed by atoms with Crippen LogP contribution in [0.25, 0.3) is 0 Å². The molecule has 0 amide bonds. The van der Waals surface area contributed by atoms with Crippen LogP contribution in [0.15, 0.2) is 0 Å². The van der Waals surface area contributed by atoms with Gasteiger partial charge in [0.05, 0.1) is 5.69 Å². The summed E-state index contributed by atoms with van der Waals surface area (Å²) >= 11 is 1.95. The summed E-state index contributed by atoms with van der Waals surface area (Å²) in [6.07, 6.45) is 16.3. The molecule has 0 saturated carbocycles. The fourth-order valence-electron chi connectivity index (χ4n) is 5.21. The van der Waals surface area contributed by atoms with Gasteiger partial charge in [0.1, 0.15) is 5.82 Å². The number of thioether (sulfide) groups is 1. The van der Waals surface area contributed by atoms with Crippen LogP contribution in [0.1, 0.15) is 69.0 Å². The maximum absolute atomic E-state index is 5.12. The Morgan fingerprint density at radius 1 is 0.931 bits per heavy atom. The van der Waals surface area contributed by atoms with Gasteiger partial charge in [-0.2, -0.15) is 16.7 Å². The topological polar surface area (TPSA) is 44.3 Å². The number of rotatable bonds is 7. The number of hydrogen-bond donors (Lipinski definition) is 1. The summed E-state index contributed by atoms with van der Waals surface area (Å²) in [7, 11) is 0. The zero-order chi connectivity index (χ0) is 19.9. The number of nitrogens with zero attached hydrogens (tertiary/aromatic N) is 4. The van der Waals surface area contributed by atoms with Crippen LogP contribution in [0.3, 0.4) is 0 Å². The minimum atomic E-state index is 0.631. The van der Waals surface area contributed by atoms with E-state index in [0.717, 1.165) is 38.4 Å². The number of nitrogens with one attached hydrogen (secondary N) is 1. The summed E-state index contributed by atoms with van der Waals surface area (Å²) in [5.41, 5.74) is 2.78. The van der Waals surface area contributed by atoms with Gasteiger partial charge >= 0.3 is 0 Å². The van der Waals surface area contributed by atoms with Crippen molar-refractivity contribution in [2.24, 2.45) is 0 Å². The molecule has 29 heavy (non-hydrogen) atoms. The molecule has 1 aromatic rings. The average Bonchev–Trinajstić information content (AvgIpc) is 2.91. The second kappa shape index (κ2) is 10.9. The van der Waals surface area contributed by atoms with E-state index in [4.69, 9.17) is 9.97 Å². The molecule has 4 rings (SSSR count). The molecule has 2 fully saturated rings. The van der Waals surface area contributed by atoms with E-state index in [1.807, 2.05) is 11.8 Å². The normalized spacial score (nSPS) is 23.5. The molecule has 1 aliphatic carbocycles. The summed E-state index contributed by atoms with van der Waals surface area (Å²) in [6, 6.07) is 0.631. The number of aryl methyl sites for hydroxylation is 1. The Morgan fingerprint density at radius 2 is 1.72 bits per heavy atom. The van der Waals surface area contributed by atoms with Gasteiger partial charge in [0.15, 0.2) is 0 Å². The molecule has 0 radical (unpaired) electrons. The Balaban J connectivity index is 1.50. The van der Waals surface area contributed by atoms with Crippen LogP contribution in [-0.4, -0.2) is 65.6 Å². The van der Waals surface area contributed by atoms with E-state index in [1.165, 1.54) is 93.7 Å². The molecular weight excluding hydrogens is 378 g/mol. The van der Waals surface area contributed by atoms with Crippen molar-refractivity contribution in [3.8, 4) is 0 Å². The lowest BCUT2D eigenvalue weighted by Crippen LogP contribution is -2.36. The molecule has 5 nitrogen and oxygen atoms in total. The van der Waals surface area contributed by atoms with Crippen molar-refractivity contribution >= 4 is 23.5 Å². The quantitative estimate of drug-likeness (QED) is 0.665. The fourth-order valence-corrected chi connectivity index (χ4v) is 5.63. The van der Waals surface area contributed by atoms with Crippen molar-refractivity contribution in [2.75, 3.05) is 54.9 Å². The lowest BCUT2D eigenvalue weighted by Gasteiger charge is -2.27. The minimum Gasteiger partial charge on any atom is -0.356 e. The predicted molar refractivity (Wildman–Crippen MR) is 125 cm³/mol. The lowest BCUT2D eigenvalue weighted by atomic mass is 10.1. The largest absolute Gasteiger partial charge is 0.356 e. The molecule has 1 unspecified atom stereocenters. The SMILES string of the molecule is CSCCN1CCCC1CNc1nc2c(c(N3CCCCCC3)n1)CCCCC2. The summed E-state index contributed by atoms with van der Waals surface area (Å²) < 4.78 is 0. The van der Waals surface area contributed by atoms with Gasteiger partial charge in [0.25, 0.3) is 0 Å². The van der Waals surface area contributed by atoms with E-state index in [-0.39, 0.29) is 0 Å². The molecule has 1 atom stereocenters. The molecule has 3 heterocycles. The Hall–Kier alpha value is -1.01. The molecule has 6 heteroatoms. The minimum absolute atomic E-state index is 0.631. The average molecular weight is 418 g/mol. The Morgan fingerprint density at radius 3 is 2.55 bits per heavy atom. The summed E-state index contributed by atoms with van der Waals surface area (Å²) in [5.74, 6) is 3.36. The van der Waals surface area contributed by atoms with Gasteiger partial charge < -0.3 is 10.2 Å². The molecule has 3 aliphatic rings. The van der Waals surface area contributed by atoms with Gasteiger partial charge in [-0.3, -0.25) is 4.90 Å². The number of aromatic nitrogens is 2. The van der Waals surface area contributed by atoms with Gasteiger partial charge in [0, 0.05) is 43.5 Å². The Kier molecular flexibility index (Phi) is 7.94. The second-order valence-corrected chi connectivity index (χ2v) is 9.95. The molecule has 0 spiro atoms. The maximum Gasteiger partial charge on any atom is 0.224 e. The van der Waals surface area contributed by atoms with Crippen LogP contribution in [0.5, 0.6) is 0 Å². The second-order valence-electron chi connectivity index (χ2n) is 8.96. The summed E-state index contributed by atoms with van der Waals surface area (Å²) in [5, 5.41) is 3.66. The number of fused-ring (bicyclic) bond motifs is 1. The predicted octanol–water partition coefficient (Wildman–Crippen LogP) is 4.37. The van der Waals surface area contributed by atoms with Crippen LogP contribution in [-0.2, 0) is 12.8 Å². The number of anilines is 2. The van der Waals surface area contributed by atoms with E-state index >= 15 is 0 Å². The van der Waals surface area contributed by atoms with Crippen LogP contribution < -0.4 is 10.2 Å². The highest BCUT2D eigenvalue weighted by molar-refractivity contribution is 7.98. The fraction of sp³-hybridized carbons (Fsp3) is 0.826. The molecule has 2 saturated heterocycles. The maximum atomic E-state index is 5.12. The Labute approximate surface area is 181 Å². The molecule has 0 bridgehead atoms. The third kappa shape index (κ3) is 5.57. The van der Waals surface area contributed by atoms with Gasteiger partial charge in [-0.25, -0.2) is 4.98 Å². The standard InChI is InChI=1S/C23H39N5S/c1-29-17-16-27-15-9-10-19(27)18-24-23-25-21-12-6-4-5-11-20(21)22(26-23)28-13-7-2-3-8-14-28/h19H,2-18H2,1H3,(H,24,25,26). The monoisotopic (exact) mass is 417 g/mol. The molecule has 2 aliphatic heterocycles. The van der Waals surface area contributed by atoms with Gasteiger partial charge in [-0.05, 0) is 64.2 Å². The van der Waals surface area contributed by atoms with E-state index in [2.05, 4.69) is 21.4 Å². The molecular formula is C23H39N5S. The van der Waals surface area contributed by atoms with Crippen molar-refractivity contribution in [2.45, 2.75) is 76.7 Å². The van der Waals surface area contributed by atoms with Gasteiger partial charge in [0.2, 0.25) is 5.95 Å². The summed E-state index contributed by atoms with van der Waals surface area (Å²) in [4.78, 5) is 15.4. The van der Waals surface area contributed by atoms with E-state index in [9.17, 15) is 0 Å². The first kappa shape index (κ1) is 21.2. The van der Waals surface area contributed by atoms with Crippen molar-refractivity contribution in [1.82, 2.24) is 14.9 Å². The summed E-state index contributed by atoms with van der Waals surface area (Å²) in [6.45, 7) is 5.75. The third-order valence-corrected chi connectivity index (χ3v) is 7.49. The Bertz CT molecular complexity index is 644. The lowest BCUT2D eigenvalue weighted by molar-refractivity contribution is 0.279. The third-order valence-electron chi connectivity index (χ3n) is 6.89. The van der Waals surface area contributed by atoms with E-state index in [1.54, 1.807) is 0 Å². The zero-order valence-electron chi connectivity index (χ0n) is 18.3. The van der Waals surface area contributed by atoms with Gasteiger partial charge in [-0.15, -0.1) is 0 Å². The number of hydrogen-bond acceptors (Lipinski definition) is 6. The number of likely N-dealkylation sites (tertiary alicyclic amines) is 1. The van der Waals surface area contributed by atoms with Crippen LogP contribution >= 0.6 is 11.8 Å². The zero-order valence-corrected chi connectivity index (χ0v) is 19.1. The highest BCUT2D eigenvalue weighted by Crippen LogP contribution is 2.30. The smallest absolute Gasteiger partial charge is 0.224 e.